The van der Waals surface area contributed by atoms with Gasteiger partial charge in [0.05, 0.1) is 18.2 Å². The van der Waals surface area contributed by atoms with E-state index in [1.54, 1.807) is 22.9 Å². The van der Waals surface area contributed by atoms with Crippen LogP contribution in [-0.2, 0) is 16.1 Å². The number of methoxy groups -OCH3 is 1. The van der Waals surface area contributed by atoms with Crippen LogP contribution in [0.4, 0.5) is 5.82 Å². The van der Waals surface area contributed by atoms with Gasteiger partial charge in [0.15, 0.2) is 5.82 Å². The van der Waals surface area contributed by atoms with E-state index in [9.17, 15) is 14.4 Å². The molecule has 2 N–H and O–H groups in total. The highest BCUT2D eigenvalue weighted by atomic mass is 16.5. The topological polar surface area (TPSA) is 106 Å². The Labute approximate surface area is 160 Å². The van der Waals surface area contributed by atoms with E-state index in [1.807, 2.05) is 6.92 Å². The summed E-state index contributed by atoms with van der Waals surface area (Å²) in [7, 11) is 1.31. The predicted molar refractivity (Wildman–Crippen MR) is 104 cm³/mol. The van der Waals surface area contributed by atoms with Crippen molar-refractivity contribution < 1.29 is 14.3 Å². The molecule has 0 atom stereocenters. The molecule has 1 aliphatic carbocycles. The lowest BCUT2D eigenvalue weighted by Gasteiger charge is -2.07. The second-order valence-corrected chi connectivity index (χ2v) is 6.79. The number of ether oxygens (including phenoxy) is 1. The number of nitrogens with one attached hydrogen (secondary N) is 2. The van der Waals surface area contributed by atoms with Crippen molar-refractivity contribution in [3.63, 3.8) is 0 Å². The summed E-state index contributed by atoms with van der Waals surface area (Å²) in [5.41, 5.74) is 2.25. The summed E-state index contributed by atoms with van der Waals surface area (Å²) >= 11 is 0. The molecule has 144 valence electrons. The highest BCUT2D eigenvalue weighted by Gasteiger charge is 2.30. The molecule has 3 aromatic rings. The van der Waals surface area contributed by atoms with Gasteiger partial charge in [-0.25, -0.2) is 9.78 Å². The lowest BCUT2D eigenvalue weighted by atomic mass is 10.1. The largest absolute Gasteiger partial charge is 0.465 e. The molecular formula is C20H20N4O4. The number of aromatic nitrogens is 3. The lowest BCUT2D eigenvalue weighted by Crippen LogP contribution is -2.17. The number of pyridine rings is 2. The fraction of sp³-hybridized carbons (Fsp3) is 0.300. The molecule has 1 amide bonds. The number of aryl methyl sites for hydroxylation is 1. The van der Waals surface area contributed by atoms with E-state index in [2.05, 4.69) is 15.3 Å². The molecule has 0 spiro atoms. The van der Waals surface area contributed by atoms with E-state index in [4.69, 9.17) is 4.74 Å². The van der Waals surface area contributed by atoms with Gasteiger partial charge in [0, 0.05) is 47.6 Å². The standard InChI is InChI=1S/C20H20N4O4/c1-3-24-10-12(6-7-16(24)25)15-8-13-14(20(27)28-2)9-21-18(17(13)22-15)23-19(26)11-4-5-11/h6-11,22H,3-5H2,1-2H3,(H,21,23,26). The Balaban J connectivity index is 1.85. The third kappa shape index (κ3) is 3.17. The van der Waals surface area contributed by atoms with Gasteiger partial charge in [-0.05, 0) is 31.9 Å². The van der Waals surface area contributed by atoms with Crippen LogP contribution in [0.25, 0.3) is 22.2 Å². The first-order valence-electron chi connectivity index (χ1n) is 9.13. The Morgan fingerprint density at radius 2 is 2.14 bits per heavy atom. The number of fused-ring (bicyclic) bond motifs is 1. The molecule has 0 aromatic carbocycles. The molecule has 4 rings (SSSR count). The maximum absolute atomic E-state index is 12.2. The van der Waals surface area contributed by atoms with Gasteiger partial charge in [0.1, 0.15) is 0 Å². The summed E-state index contributed by atoms with van der Waals surface area (Å²) in [4.78, 5) is 43.7. The van der Waals surface area contributed by atoms with Crippen LogP contribution < -0.4 is 10.9 Å². The lowest BCUT2D eigenvalue weighted by molar-refractivity contribution is -0.117. The van der Waals surface area contributed by atoms with Crippen molar-refractivity contribution in [1.82, 2.24) is 14.5 Å². The Bertz CT molecular complexity index is 1140. The first-order chi connectivity index (χ1) is 13.5. The molecule has 0 aliphatic heterocycles. The number of nitrogens with zero attached hydrogens (tertiary/aromatic N) is 2. The van der Waals surface area contributed by atoms with Gasteiger partial charge < -0.3 is 19.6 Å². The molecule has 0 radical (unpaired) electrons. The van der Waals surface area contributed by atoms with Crippen molar-refractivity contribution in [2.75, 3.05) is 12.4 Å². The molecule has 1 aliphatic rings. The second kappa shape index (κ2) is 6.95. The van der Waals surface area contributed by atoms with Crippen molar-refractivity contribution in [1.29, 1.82) is 0 Å². The zero-order chi connectivity index (χ0) is 19.8. The second-order valence-electron chi connectivity index (χ2n) is 6.79. The maximum Gasteiger partial charge on any atom is 0.340 e. The van der Waals surface area contributed by atoms with Crippen molar-refractivity contribution in [3.05, 3.63) is 46.5 Å². The number of H-pyrrole nitrogens is 1. The quantitative estimate of drug-likeness (QED) is 0.662. The molecule has 1 fully saturated rings. The number of hydrogen-bond donors (Lipinski definition) is 2. The van der Waals surface area contributed by atoms with Gasteiger partial charge in [-0.1, -0.05) is 0 Å². The predicted octanol–water partition coefficient (Wildman–Crippen LogP) is 2.55. The summed E-state index contributed by atoms with van der Waals surface area (Å²) in [6, 6.07) is 5.02. The van der Waals surface area contributed by atoms with Crippen molar-refractivity contribution >= 4 is 28.6 Å². The van der Waals surface area contributed by atoms with Crippen LogP contribution in [0.2, 0.25) is 0 Å². The summed E-state index contributed by atoms with van der Waals surface area (Å²) in [6.07, 6.45) is 4.91. The van der Waals surface area contributed by atoms with Gasteiger partial charge in [-0.15, -0.1) is 0 Å². The zero-order valence-electron chi connectivity index (χ0n) is 15.6. The van der Waals surface area contributed by atoms with Gasteiger partial charge >= 0.3 is 5.97 Å². The number of hydrogen-bond acceptors (Lipinski definition) is 5. The SMILES string of the molecule is CCn1cc(-c2cc3c(C(=O)OC)cnc(NC(=O)C4CC4)c3[nH]2)ccc1=O. The number of esters is 1. The molecule has 1 saturated carbocycles. The van der Waals surface area contributed by atoms with E-state index in [1.165, 1.54) is 19.4 Å². The molecule has 0 unspecified atom stereocenters. The normalized spacial score (nSPS) is 13.5. The molecule has 0 bridgehead atoms. The van der Waals surface area contributed by atoms with Crippen molar-refractivity contribution in [2.45, 2.75) is 26.3 Å². The van der Waals surface area contributed by atoms with Gasteiger partial charge in [-0.2, -0.15) is 0 Å². The van der Waals surface area contributed by atoms with E-state index >= 15 is 0 Å². The smallest absolute Gasteiger partial charge is 0.340 e. The fourth-order valence-corrected chi connectivity index (χ4v) is 3.14. The zero-order valence-corrected chi connectivity index (χ0v) is 15.6. The summed E-state index contributed by atoms with van der Waals surface area (Å²) in [5, 5.41) is 3.43. The van der Waals surface area contributed by atoms with Crippen LogP contribution >= 0.6 is 0 Å². The Kier molecular flexibility index (Phi) is 4.46. The number of aromatic amines is 1. The van der Waals surface area contributed by atoms with Crippen LogP contribution in [0.3, 0.4) is 0 Å². The highest BCUT2D eigenvalue weighted by Crippen LogP contribution is 2.33. The van der Waals surface area contributed by atoms with Crippen LogP contribution in [0.15, 0.2) is 35.4 Å². The maximum atomic E-state index is 12.2. The molecule has 3 heterocycles. The molecule has 28 heavy (non-hydrogen) atoms. The third-order valence-corrected chi connectivity index (χ3v) is 4.90. The summed E-state index contributed by atoms with van der Waals surface area (Å²) < 4.78 is 6.45. The van der Waals surface area contributed by atoms with Crippen LogP contribution in [0, 0.1) is 5.92 Å². The first kappa shape index (κ1) is 18.0. The molecule has 8 heteroatoms. The average molecular weight is 380 g/mol. The van der Waals surface area contributed by atoms with Crippen LogP contribution in [-0.4, -0.2) is 33.5 Å². The Morgan fingerprint density at radius 1 is 1.36 bits per heavy atom. The van der Waals surface area contributed by atoms with E-state index < -0.39 is 5.97 Å². The van der Waals surface area contributed by atoms with Crippen LogP contribution in [0.1, 0.15) is 30.1 Å². The Morgan fingerprint density at radius 3 is 2.82 bits per heavy atom. The third-order valence-electron chi connectivity index (χ3n) is 4.90. The van der Waals surface area contributed by atoms with E-state index in [-0.39, 0.29) is 17.4 Å². The van der Waals surface area contributed by atoms with Gasteiger partial charge in [0.2, 0.25) is 5.91 Å². The minimum absolute atomic E-state index is 0.0275. The number of rotatable bonds is 5. The average Bonchev–Trinajstić information content (AvgIpc) is 3.46. The minimum atomic E-state index is -0.512. The summed E-state index contributed by atoms with van der Waals surface area (Å²) in [6.45, 7) is 2.44. The first-order valence-corrected chi connectivity index (χ1v) is 9.13. The molecular weight excluding hydrogens is 360 g/mol. The molecule has 0 saturated heterocycles. The minimum Gasteiger partial charge on any atom is -0.465 e. The number of carbonyl (C=O) groups excluding carboxylic acids is 2. The number of amides is 1. The monoisotopic (exact) mass is 380 g/mol. The van der Waals surface area contributed by atoms with Crippen molar-refractivity contribution in [2.24, 2.45) is 5.92 Å². The molecule has 8 nitrogen and oxygen atoms in total. The van der Waals surface area contributed by atoms with Crippen LogP contribution in [0.5, 0.6) is 0 Å². The van der Waals surface area contributed by atoms with Gasteiger partial charge in [0.25, 0.3) is 5.56 Å². The highest BCUT2D eigenvalue weighted by molar-refractivity contribution is 6.09. The van der Waals surface area contributed by atoms with Crippen molar-refractivity contribution in [3.8, 4) is 11.3 Å². The van der Waals surface area contributed by atoms with Gasteiger partial charge in [-0.3, -0.25) is 9.59 Å². The fourth-order valence-electron chi connectivity index (χ4n) is 3.14. The summed E-state index contributed by atoms with van der Waals surface area (Å²) in [5.74, 6) is -0.189. The number of anilines is 1. The Hall–Kier alpha value is -3.42. The van der Waals surface area contributed by atoms with E-state index in [0.717, 1.165) is 18.4 Å². The molecule has 3 aromatic heterocycles. The number of carbonyl (C=O) groups is 2. The van der Waals surface area contributed by atoms with E-state index in [0.29, 0.717) is 34.5 Å².